The average molecular weight is 310 g/mol. The van der Waals surface area contributed by atoms with E-state index in [9.17, 15) is 4.79 Å². The molecule has 0 saturated heterocycles. The Balaban J connectivity index is 2.07. The largest absolute Gasteiger partial charge is 0.397 e. The van der Waals surface area contributed by atoms with E-state index in [1.54, 1.807) is 30.3 Å². The topological polar surface area (TPSA) is 67.2 Å². The molecule has 2 aromatic rings. The van der Waals surface area contributed by atoms with Crippen LogP contribution in [0.1, 0.15) is 5.56 Å². The number of aryl methyl sites for hydroxylation is 1. The summed E-state index contributed by atoms with van der Waals surface area (Å²) in [5.41, 5.74) is 8.45. The Morgan fingerprint density at radius 2 is 1.80 bits per heavy atom. The van der Waals surface area contributed by atoms with Gasteiger partial charge in [0.05, 0.1) is 21.4 Å². The minimum Gasteiger partial charge on any atom is -0.397 e. The number of carbonyl (C=O) groups is 1. The summed E-state index contributed by atoms with van der Waals surface area (Å²) < 4.78 is 0. The van der Waals surface area contributed by atoms with Gasteiger partial charge < -0.3 is 16.4 Å². The predicted molar refractivity (Wildman–Crippen MR) is 84.7 cm³/mol. The Labute approximate surface area is 126 Å². The molecule has 2 rings (SSSR count). The summed E-state index contributed by atoms with van der Waals surface area (Å²) in [5, 5.41) is 6.13. The van der Waals surface area contributed by atoms with Gasteiger partial charge in [-0.25, -0.2) is 4.79 Å². The highest BCUT2D eigenvalue weighted by molar-refractivity contribution is 6.42. The normalized spacial score (nSPS) is 10.2. The number of benzene rings is 2. The molecule has 4 nitrogen and oxygen atoms in total. The Kier molecular flexibility index (Phi) is 4.37. The van der Waals surface area contributed by atoms with Crippen LogP contribution in [0.15, 0.2) is 36.4 Å². The van der Waals surface area contributed by atoms with Crippen LogP contribution in [0.4, 0.5) is 21.9 Å². The second-order valence-electron chi connectivity index (χ2n) is 4.30. The van der Waals surface area contributed by atoms with Crippen LogP contribution < -0.4 is 16.4 Å². The first-order valence-electron chi connectivity index (χ1n) is 5.85. The quantitative estimate of drug-likeness (QED) is 0.713. The van der Waals surface area contributed by atoms with Crippen LogP contribution in [0.2, 0.25) is 10.0 Å². The predicted octanol–water partition coefficient (Wildman–Crippen LogP) is 4.53. The van der Waals surface area contributed by atoms with Gasteiger partial charge in [0.2, 0.25) is 0 Å². The fourth-order valence-corrected chi connectivity index (χ4v) is 1.95. The molecular weight excluding hydrogens is 297 g/mol. The van der Waals surface area contributed by atoms with Crippen molar-refractivity contribution in [2.24, 2.45) is 0 Å². The van der Waals surface area contributed by atoms with Crippen LogP contribution in [0.5, 0.6) is 0 Å². The van der Waals surface area contributed by atoms with Gasteiger partial charge in [0, 0.05) is 5.69 Å². The van der Waals surface area contributed by atoms with Gasteiger partial charge in [-0.1, -0.05) is 29.3 Å². The zero-order valence-electron chi connectivity index (χ0n) is 10.7. The van der Waals surface area contributed by atoms with Gasteiger partial charge in [-0.15, -0.1) is 0 Å². The highest BCUT2D eigenvalue weighted by Crippen LogP contribution is 2.25. The van der Waals surface area contributed by atoms with Crippen molar-refractivity contribution in [3.8, 4) is 0 Å². The number of hydrogen-bond donors (Lipinski definition) is 3. The molecule has 0 aliphatic carbocycles. The van der Waals surface area contributed by atoms with Gasteiger partial charge in [0.1, 0.15) is 0 Å². The molecule has 104 valence electrons. The van der Waals surface area contributed by atoms with Crippen molar-refractivity contribution in [1.82, 2.24) is 0 Å². The Morgan fingerprint density at radius 3 is 2.45 bits per heavy atom. The third-order valence-corrected chi connectivity index (χ3v) is 3.37. The lowest BCUT2D eigenvalue weighted by Gasteiger charge is -2.10. The number of nitrogens with one attached hydrogen (secondary N) is 2. The van der Waals surface area contributed by atoms with Gasteiger partial charge in [0.25, 0.3) is 0 Å². The first-order chi connectivity index (χ1) is 9.45. The molecule has 0 unspecified atom stereocenters. The number of anilines is 3. The maximum absolute atomic E-state index is 11.9. The summed E-state index contributed by atoms with van der Waals surface area (Å²) in [5.74, 6) is 0. The van der Waals surface area contributed by atoms with Crippen molar-refractivity contribution in [1.29, 1.82) is 0 Å². The minimum absolute atomic E-state index is 0.374. The number of hydrogen-bond acceptors (Lipinski definition) is 2. The SMILES string of the molecule is Cc1ccc(NC(=O)Nc2ccc(Cl)c(Cl)c2)c(N)c1. The van der Waals surface area contributed by atoms with Gasteiger partial charge in [-0.05, 0) is 42.8 Å². The van der Waals surface area contributed by atoms with Crippen LogP contribution in [-0.4, -0.2) is 6.03 Å². The molecule has 0 radical (unpaired) electrons. The highest BCUT2D eigenvalue weighted by Gasteiger charge is 2.06. The molecule has 4 N–H and O–H groups in total. The second-order valence-corrected chi connectivity index (χ2v) is 5.11. The third kappa shape index (κ3) is 3.56. The first-order valence-corrected chi connectivity index (χ1v) is 6.60. The summed E-state index contributed by atoms with van der Waals surface area (Å²) in [7, 11) is 0. The van der Waals surface area contributed by atoms with Crippen molar-refractivity contribution >= 4 is 46.3 Å². The molecule has 20 heavy (non-hydrogen) atoms. The molecule has 0 bridgehead atoms. The second kappa shape index (κ2) is 6.03. The van der Waals surface area contributed by atoms with Crippen molar-refractivity contribution in [2.75, 3.05) is 16.4 Å². The number of urea groups is 1. The molecular formula is C14H13Cl2N3O. The lowest BCUT2D eigenvalue weighted by molar-refractivity contribution is 0.262. The van der Waals surface area contributed by atoms with Gasteiger partial charge >= 0.3 is 6.03 Å². The zero-order valence-corrected chi connectivity index (χ0v) is 12.2. The van der Waals surface area contributed by atoms with Crippen molar-refractivity contribution in [3.63, 3.8) is 0 Å². The van der Waals surface area contributed by atoms with Gasteiger partial charge in [-0.2, -0.15) is 0 Å². The van der Waals surface area contributed by atoms with E-state index in [-0.39, 0.29) is 0 Å². The molecule has 2 aromatic carbocycles. The Morgan fingerprint density at radius 1 is 1.05 bits per heavy atom. The molecule has 0 fully saturated rings. The molecule has 0 aliphatic heterocycles. The Hall–Kier alpha value is -1.91. The number of carbonyl (C=O) groups excluding carboxylic acids is 1. The van der Waals surface area contributed by atoms with Crippen LogP contribution in [0.25, 0.3) is 0 Å². The monoisotopic (exact) mass is 309 g/mol. The van der Waals surface area contributed by atoms with E-state index in [2.05, 4.69) is 10.6 Å². The molecule has 0 atom stereocenters. The van der Waals surface area contributed by atoms with Crippen LogP contribution >= 0.6 is 23.2 Å². The van der Waals surface area contributed by atoms with E-state index >= 15 is 0 Å². The zero-order chi connectivity index (χ0) is 14.7. The minimum atomic E-state index is -0.404. The van der Waals surface area contributed by atoms with E-state index in [0.717, 1.165) is 5.56 Å². The molecule has 0 saturated carbocycles. The van der Waals surface area contributed by atoms with Crippen LogP contribution in [0, 0.1) is 6.92 Å². The number of amides is 2. The van der Waals surface area contributed by atoms with E-state index in [1.165, 1.54) is 0 Å². The maximum Gasteiger partial charge on any atom is 0.323 e. The number of rotatable bonds is 2. The van der Waals surface area contributed by atoms with Crippen LogP contribution in [0.3, 0.4) is 0 Å². The van der Waals surface area contributed by atoms with E-state index in [4.69, 9.17) is 28.9 Å². The summed E-state index contributed by atoms with van der Waals surface area (Å²) >= 11 is 11.7. The average Bonchev–Trinajstić information content (AvgIpc) is 2.37. The summed E-state index contributed by atoms with van der Waals surface area (Å²) in [6.07, 6.45) is 0. The van der Waals surface area contributed by atoms with Crippen molar-refractivity contribution in [2.45, 2.75) is 6.92 Å². The smallest absolute Gasteiger partial charge is 0.323 e. The third-order valence-electron chi connectivity index (χ3n) is 2.63. The highest BCUT2D eigenvalue weighted by atomic mass is 35.5. The fourth-order valence-electron chi connectivity index (χ4n) is 1.65. The van der Waals surface area contributed by atoms with E-state index < -0.39 is 6.03 Å². The summed E-state index contributed by atoms with van der Waals surface area (Å²) in [6, 6.07) is 9.84. The lowest BCUT2D eigenvalue weighted by atomic mass is 10.2. The number of halogens is 2. The van der Waals surface area contributed by atoms with Crippen molar-refractivity contribution < 1.29 is 4.79 Å². The maximum atomic E-state index is 11.9. The molecule has 0 spiro atoms. The fraction of sp³-hybridized carbons (Fsp3) is 0.0714. The molecule has 0 aromatic heterocycles. The summed E-state index contributed by atoms with van der Waals surface area (Å²) in [4.78, 5) is 11.9. The summed E-state index contributed by atoms with van der Waals surface area (Å²) in [6.45, 7) is 1.93. The molecule has 0 heterocycles. The van der Waals surface area contributed by atoms with E-state index in [1.807, 2.05) is 13.0 Å². The Bertz CT molecular complexity index is 659. The lowest BCUT2D eigenvalue weighted by Crippen LogP contribution is -2.20. The molecule has 0 aliphatic rings. The molecule has 2 amide bonds. The number of nitrogens with two attached hydrogens (primary N) is 1. The standard InChI is InChI=1S/C14H13Cl2N3O/c1-8-2-5-13(12(17)6-8)19-14(20)18-9-3-4-10(15)11(16)7-9/h2-7H,17H2,1H3,(H2,18,19,20). The molecule has 6 heteroatoms. The van der Waals surface area contributed by atoms with Gasteiger partial charge in [0.15, 0.2) is 0 Å². The van der Waals surface area contributed by atoms with Gasteiger partial charge in [-0.3, -0.25) is 0 Å². The van der Waals surface area contributed by atoms with Crippen LogP contribution in [-0.2, 0) is 0 Å². The number of nitrogen functional groups attached to an aromatic ring is 1. The van der Waals surface area contributed by atoms with E-state index in [0.29, 0.717) is 27.1 Å². The first kappa shape index (κ1) is 14.5. The van der Waals surface area contributed by atoms with Crippen molar-refractivity contribution in [3.05, 3.63) is 52.0 Å².